The standard InChI is InChI=1S/C18H21NO.C4H4O4/c1-15-6-5-9-17(12-15)20-18-10-11-19(14-18)13-16-7-3-2-4-8-16;5-3(6)1-2-4(7)8/h2-9,12,18H,10-11,13-14H2,1H3;1-2H,(H,5,6)(H,7,8). The highest BCUT2D eigenvalue weighted by atomic mass is 16.5. The number of aliphatic carboxylic acids is 2. The van der Waals surface area contributed by atoms with E-state index in [1.807, 2.05) is 6.07 Å². The van der Waals surface area contributed by atoms with E-state index in [1.54, 1.807) is 0 Å². The smallest absolute Gasteiger partial charge is 0.328 e. The Morgan fingerprint density at radius 3 is 2.36 bits per heavy atom. The number of hydrogen-bond donors (Lipinski definition) is 2. The first-order valence-electron chi connectivity index (χ1n) is 9.06. The van der Waals surface area contributed by atoms with E-state index < -0.39 is 11.9 Å². The zero-order valence-electron chi connectivity index (χ0n) is 15.8. The van der Waals surface area contributed by atoms with Crippen molar-refractivity contribution in [3.8, 4) is 5.75 Å². The normalized spacial score (nSPS) is 16.4. The lowest BCUT2D eigenvalue weighted by molar-refractivity contribution is -0.134. The molecular weight excluding hydrogens is 358 g/mol. The van der Waals surface area contributed by atoms with E-state index in [-0.39, 0.29) is 0 Å². The molecule has 1 aliphatic heterocycles. The highest BCUT2D eigenvalue weighted by Crippen LogP contribution is 2.20. The number of aryl methyl sites for hydroxylation is 1. The van der Waals surface area contributed by atoms with Crippen LogP contribution in [-0.2, 0) is 16.1 Å². The summed E-state index contributed by atoms with van der Waals surface area (Å²) in [4.78, 5) is 21.6. The third-order valence-corrected chi connectivity index (χ3v) is 4.14. The van der Waals surface area contributed by atoms with Crippen LogP contribution in [0.5, 0.6) is 5.75 Å². The molecule has 1 atom stereocenters. The summed E-state index contributed by atoms with van der Waals surface area (Å²) in [5, 5.41) is 15.6. The largest absolute Gasteiger partial charge is 0.489 e. The van der Waals surface area contributed by atoms with Crippen LogP contribution in [0.25, 0.3) is 0 Å². The number of ether oxygens (including phenoxy) is 1. The van der Waals surface area contributed by atoms with E-state index in [0.717, 1.165) is 31.8 Å². The van der Waals surface area contributed by atoms with Gasteiger partial charge in [-0.05, 0) is 36.6 Å². The zero-order chi connectivity index (χ0) is 20.4. The molecule has 1 heterocycles. The molecule has 0 aromatic heterocycles. The van der Waals surface area contributed by atoms with E-state index >= 15 is 0 Å². The van der Waals surface area contributed by atoms with Crippen molar-refractivity contribution in [3.05, 3.63) is 77.9 Å². The Kier molecular flexibility index (Phi) is 8.24. The van der Waals surface area contributed by atoms with Crippen LogP contribution in [0, 0.1) is 6.92 Å². The lowest BCUT2D eigenvalue weighted by Crippen LogP contribution is -2.24. The topological polar surface area (TPSA) is 87.1 Å². The molecule has 148 valence electrons. The van der Waals surface area contributed by atoms with Crippen molar-refractivity contribution >= 4 is 11.9 Å². The van der Waals surface area contributed by atoms with Gasteiger partial charge in [0.2, 0.25) is 0 Å². The maximum atomic E-state index is 9.55. The molecule has 1 saturated heterocycles. The molecule has 0 aliphatic carbocycles. The fraction of sp³-hybridized carbons (Fsp3) is 0.273. The number of hydrogen-bond acceptors (Lipinski definition) is 4. The highest BCUT2D eigenvalue weighted by molar-refractivity contribution is 5.89. The molecule has 3 rings (SSSR count). The van der Waals surface area contributed by atoms with Gasteiger partial charge < -0.3 is 14.9 Å². The molecule has 6 heteroatoms. The van der Waals surface area contributed by atoms with Gasteiger partial charge in [-0.1, -0.05) is 42.5 Å². The number of likely N-dealkylation sites (tertiary alicyclic amines) is 1. The third-order valence-electron chi connectivity index (χ3n) is 4.14. The van der Waals surface area contributed by atoms with Crippen molar-refractivity contribution in [1.29, 1.82) is 0 Å². The van der Waals surface area contributed by atoms with Crippen molar-refractivity contribution in [2.75, 3.05) is 13.1 Å². The van der Waals surface area contributed by atoms with E-state index in [9.17, 15) is 9.59 Å². The van der Waals surface area contributed by atoms with E-state index in [1.165, 1.54) is 11.1 Å². The Bertz CT molecular complexity index is 788. The number of nitrogens with zero attached hydrogens (tertiary/aromatic N) is 1. The maximum Gasteiger partial charge on any atom is 0.328 e. The van der Waals surface area contributed by atoms with Gasteiger partial charge >= 0.3 is 11.9 Å². The second-order valence-corrected chi connectivity index (χ2v) is 6.58. The molecule has 6 nitrogen and oxygen atoms in total. The van der Waals surface area contributed by atoms with Crippen molar-refractivity contribution in [1.82, 2.24) is 4.90 Å². The molecule has 0 saturated carbocycles. The Morgan fingerprint density at radius 2 is 1.75 bits per heavy atom. The van der Waals surface area contributed by atoms with Crippen LogP contribution in [-0.4, -0.2) is 46.2 Å². The fourth-order valence-corrected chi connectivity index (χ4v) is 2.90. The Labute approximate surface area is 164 Å². The molecule has 0 spiro atoms. The van der Waals surface area contributed by atoms with E-state index in [2.05, 4.69) is 60.4 Å². The number of rotatable bonds is 6. The summed E-state index contributed by atoms with van der Waals surface area (Å²) in [5.74, 6) is -1.52. The minimum Gasteiger partial charge on any atom is -0.489 e. The van der Waals surface area contributed by atoms with Gasteiger partial charge in [0.15, 0.2) is 0 Å². The van der Waals surface area contributed by atoms with Crippen LogP contribution in [0.4, 0.5) is 0 Å². The van der Waals surface area contributed by atoms with E-state index in [0.29, 0.717) is 18.3 Å². The predicted octanol–water partition coefficient (Wildman–Crippen LogP) is 3.36. The SMILES string of the molecule is Cc1cccc(OC2CCN(Cc3ccccc3)C2)c1.O=C(O)C=CC(=O)O. The maximum absolute atomic E-state index is 9.55. The van der Waals surface area contributed by atoms with Gasteiger partial charge in [-0.3, -0.25) is 4.90 Å². The number of carboxylic acid groups (broad SMARTS) is 2. The fourth-order valence-electron chi connectivity index (χ4n) is 2.90. The zero-order valence-corrected chi connectivity index (χ0v) is 15.8. The summed E-state index contributed by atoms with van der Waals surface area (Å²) in [6.07, 6.45) is 2.55. The molecular formula is C22H25NO5. The van der Waals surface area contributed by atoms with Crippen LogP contribution in [0.1, 0.15) is 17.5 Å². The molecule has 2 aromatic carbocycles. The Hall–Kier alpha value is -3.12. The van der Waals surface area contributed by atoms with Crippen LogP contribution in [0.3, 0.4) is 0 Å². The third kappa shape index (κ3) is 8.05. The first-order chi connectivity index (χ1) is 13.4. The summed E-state index contributed by atoms with van der Waals surface area (Å²) in [7, 11) is 0. The number of carbonyl (C=O) groups is 2. The lowest BCUT2D eigenvalue weighted by atomic mass is 10.2. The molecule has 28 heavy (non-hydrogen) atoms. The quantitative estimate of drug-likeness (QED) is 0.744. The first-order valence-corrected chi connectivity index (χ1v) is 9.06. The average molecular weight is 383 g/mol. The van der Waals surface area contributed by atoms with Gasteiger partial charge in [0, 0.05) is 31.8 Å². The molecule has 0 bridgehead atoms. The minimum atomic E-state index is -1.26. The summed E-state index contributed by atoms with van der Waals surface area (Å²) in [5.41, 5.74) is 2.63. The summed E-state index contributed by atoms with van der Waals surface area (Å²) >= 11 is 0. The molecule has 1 fully saturated rings. The molecule has 2 aromatic rings. The predicted molar refractivity (Wildman–Crippen MR) is 106 cm³/mol. The number of benzene rings is 2. The van der Waals surface area contributed by atoms with Crippen LogP contribution >= 0.6 is 0 Å². The van der Waals surface area contributed by atoms with Gasteiger partial charge in [0.1, 0.15) is 11.9 Å². The highest BCUT2D eigenvalue weighted by Gasteiger charge is 2.23. The van der Waals surface area contributed by atoms with Crippen LogP contribution in [0.15, 0.2) is 66.7 Å². The van der Waals surface area contributed by atoms with Gasteiger partial charge in [0.05, 0.1) is 0 Å². The summed E-state index contributed by atoms with van der Waals surface area (Å²) < 4.78 is 6.08. The second kappa shape index (κ2) is 10.9. The molecule has 0 amide bonds. The lowest BCUT2D eigenvalue weighted by Gasteiger charge is -2.17. The van der Waals surface area contributed by atoms with Gasteiger partial charge in [-0.25, -0.2) is 9.59 Å². The molecule has 1 aliphatic rings. The molecule has 2 N–H and O–H groups in total. The summed E-state index contributed by atoms with van der Waals surface area (Å²) in [6, 6.07) is 19.0. The van der Waals surface area contributed by atoms with Crippen molar-refractivity contribution in [2.24, 2.45) is 0 Å². The van der Waals surface area contributed by atoms with Crippen LogP contribution < -0.4 is 4.74 Å². The van der Waals surface area contributed by atoms with Gasteiger partial charge in [-0.15, -0.1) is 0 Å². The van der Waals surface area contributed by atoms with E-state index in [4.69, 9.17) is 14.9 Å². The van der Waals surface area contributed by atoms with Crippen LogP contribution in [0.2, 0.25) is 0 Å². The van der Waals surface area contributed by atoms with Crippen molar-refractivity contribution in [3.63, 3.8) is 0 Å². The Balaban J connectivity index is 0.000000300. The average Bonchev–Trinajstić information content (AvgIpc) is 3.08. The Morgan fingerprint density at radius 1 is 1.07 bits per heavy atom. The monoisotopic (exact) mass is 383 g/mol. The minimum absolute atomic E-state index is 0.320. The van der Waals surface area contributed by atoms with Crippen molar-refractivity contribution < 1.29 is 24.5 Å². The number of carboxylic acids is 2. The van der Waals surface area contributed by atoms with Gasteiger partial charge in [-0.2, -0.15) is 0 Å². The molecule has 0 radical (unpaired) electrons. The summed E-state index contributed by atoms with van der Waals surface area (Å²) in [6.45, 7) is 5.26. The van der Waals surface area contributed by atoms with Gasteiger partial charge in [0.25, 0.3) is 0 Å². The molecule has 1 unspecified atom stereocenters. The second-order valence-electron chi connectivity index (χ2n) is 6.58. The van der Waals surface area contributed by atoms with Crippen molar-refractivity contribution in [2.45, 2.75) is 26.0 Å². The first kappa shape index (κ1) is 21.2.